The van der Waals surface area contributed by atoms with Gasteiger partial charge in [-0.2, -0.15) is 18.3 Å². The quantitative estimate of drug-likeness (QED) is 0.751. The van der Waals surface area contributed by atoms with Crippen molar-refractivity contribution in [3.05, 3.63) is 57.0 Å². The molecule has 9 heteroatoms. The zero-order valence-corrected chi connectivity index (χ0v) is 12.1. The largest absolute Gasteiger partial charge is 0.392 e. The second-order valence-corrected chi connectivity index (χ2v) is 5.80. The van der Waals surface area contributed by atoms with Crippen molar-refractivity contribution < 1.29 is 13.2 Å². The number of rotatable bonds is 2. The van der Waals surface area contributed by atoms with E-state index in [-0.39, 0.29) is 17.7 Å². The SMILES string of the molecule is O=c1[nH]cc(-c2cc([C@H]3C[C@@H]3C(F)(F)F)c3cccn3n2)c(=O)[nH]1. The Bertz CT molecular complexity index is 1050. The Morgan fingerprint density at radius 3 is 2.75 bits per heavy atom. The van der Waals surface area contributed by atoms with Gasteiger partial charge in [-0.15, -0.1) is 0 Å². The molecular formula is C15H11F3N4O2. The molecule has 0 aromatic carbocycles. The predicted octanol–water partition coefficient (Wildman–Crippen LogP) is 2.04. The Balaban J connectivity index is 1.87. The molecule has 0 bridgehead atoms. The van der Waals surface area contributed by atoms with Crippen molar-refractivity contribution >= 4 is 5.52 Å². The molecule has 2 atom stereocenters. The Morgan fingerprint density at radius 1 is 1.29 bits per heavy atom. The van der Waals surface area contributed by atoms with E-state index >= 15 is 0 Å². The van der Waals surface area contributed by atoms with Gasteiger partial charge in [0.05, 0.1) is 22.7 Å². The number of halogens is 3. The first-order valence-corrected chi connectivity index (χ1v) is 7.22. The highest BCUT2D eigenvalue weighted by Crippen LogP contribution is 2.57. The number of hydrogen-bond donors (Lipinski definition) is 2. The van der Waals surface area contributed by atoms with Gasteiger partial charge in [0.15, 0.2) is 0 Å². The second kappa shape index (κ2) is 4.83. The fourth-order valence-corrected chi connectivity index (χ4v) is 2.98. The van der Waals surface area contributed by atoms with Crippen molar-refractivity contribution in [1.29, 1.82) is 0 Å². The van der Waals surface area contributed by atoms with Crippen molar-refractivity contribution in [3.8, 4) is 11.3 Å². The van der Waals surface area contributed by atoms with Gasteiger partial charge in [-0.25, -0.2) is 9.31 Å². The van der Waals surface area contributed by atoms with Gasteiger partial charge < -0.3 is 4.98 Å². The highest BCUT2D eigenvalue weighted by molar-refractivity contribution is 5.65. The molecule has 4 rings (SSSR count). The van der Waals surface area contributed by atoms with Crippen molar-refractivity contribution in [2.45, 2.75) is 18.5 Å². The summed E-state index contributed by atoms with van der Waals surface area (Å²) in [5, 5.41) is 4.25. The Hall–Kier alpha value is -2.84. The second-order valence-electron chi connectivity index (χ2n) is 5.80. The first-order valence-electron chi connectivity index (χ1n) is 7.22. The molecule has 0 amide bonds. The number of nitrogens with one attached hydrogen (secondary N) is 2. The fourth-order valence-electron chi connectivity index (χ4n) is 2.98. The molecule has 3 aromatic rings. The van der Waals surface area contributed by atoms with Gasteiger partial charge in [0.25, 0.3) is 5.56 Å². The summed E-state index contributed by atoms with van der Waals surface area (Å²) >= 11 is 0. The molecule has 1 aliphatic carbocycles. The van der Waals surface area contributed by atoms with Crippen LogP contribution in [0, 0.1) is 5.92 Å². The molecule has 0 saturated heterocycles. The number of aromatic amines is 2. The maximum Gasteiger partial charge on any atom is 0.392 e. The molecule has 3 heterocycles. The lowest BCUT2D eigenvalue weighted by Gasteiger charge is -2.09. The summed E-state index contributed by atoms with van der Waals surface area (Å²) in [6, 6.07) is 4.86. The summed E-state index contributed by atoms with van der Waals surface area (Å²) in [5.41, 5.74) is 0.0705. The average molecular weight is 336 g/mol. The summed E-state index contributed by atoms with van der Waals surface area (Å²) in [7, 11) is 0. The smallest absolute Gasteiger partial charge is 0.313 e. The Morgan fingerprint density at radius 2 is 2.08 bits per heavy atom. The predicted molar refractivity (Wildman–Crippen MR) is 78.8 cm³/mol. The molecule has 24 heavy (non-hydrogen) atoms. The third kappa shape index (κ3) is 2.32. The maximum atomic E-state index is 12.9. The molecule has 124 valence electrons. The summed E-state index contributed by atoms with van der Waals surface area (Å²) in [6.45, 7) is 0. The van der Waals surface area contributed by atoms with Crippen molar-refractivity contribution in [2.75, 3.05) is 0 Å². The van der Waals surface area contributed by atoms with Gasteiger partial charge in [0.2, 0.25) is 0 Å². The Kier molecular flexibility index (Phi) is 2.96. The number of aromatic nitrogens is 4. The van der Waals surface area contributed by atoms with E-state index in [2.05, 4.69) is 15.1 Å². The van der Waals surface area contributed by atoms with Crippen LogP contribution >= 0.6 is 0 Å². The molecule has 2 N–H and O–H groups in total. The van der Waals surface area contributed by atoms with Crippen LogP contribution in [0.4, 0.5) is 13.2 Å². The van der Waals surface area contributed by atoms with Crippen LogP contribution in [-0.4, -0.2) is 25.8 Å². The minimum Gasteiger partial charge on any atom is -0.313 e. The normalized spacial score (nSPS) is 20.5. The number of H-pyrrole nitrogens is 2. The summed E-state index contributed by atoms with van der Waals surface area (Å²) < 4.78 is 40.2. The first-order chi connectivity index (χ1) is 11.3. The molecule has 1 aliphatic rings. The van der Waals surface area contributed by atoms with Crippen LogP contribution < -0.4 is 11.2 Å². The average Bonchev–Trinajstić information content (AvgIpc) is 3.17. The molecule has 0 aliphatic heterocycles. The van der Waals surface area contributed by atoms with E-state index in [4.69, 9.17) is 0 Å². The van der Waals surface area contributed by atoms with Crippen LogP contribution in [0.15, 0.2) is 40.2 Å². The molecule has 3 aromatic heterocycles. The lowest BCUT2D eigenvalue weighted by Crippen LogP contribution is -2.23. The van der Waals surface area contributed by atoms with E-state index in [0.717, 1.165) is 0 Å². The molecule has 0 spiro atoms. The van der Waals surface area contributed by atoms with E-state index in [1.807, 2.05) is 0 Å². The van der Waals surface area contributed by atoms with Crippen molar-refractivity contribution in [2.24, 2.45) is 5.92 Å². The van der Waals surface area contributed by atoms with E-state index in [1.54, 1.807) is 18.3 Å². The number of alkyl halides is 3. The van der Waals surface area contributed by atoms with Gasteiger partial charge >= 0.3 is 11.9 Å². The summed E-state index contributed by atoms with van der Waals surface area (Å²) in [5.74, 6) is -2.02. The monoisotopic (exact) mass is 336 g/mol. The maximum absolute atomic E-state index is 12.9. The van der Waals surface area contributed by atoms with Crippen molar-refractivity contribution in [3.63, 3.8) is 0 Å². The van der Waals surface area contributed by atoms with Crippen LogP contribution in [0.2, 0.25) is 0 Å². The number of nitrogens with zero attached hydrogens (tertiary/aromatic N) is 2. The van der Waals surface area contributed by atoms with Gasteiger partial charge in [-0.1, -0.05) is 0 Å². The standard InChI is InChI=1S/C15H11F3N4O2/c16-15(17,18)10-4-7(10)8-5-11(21-22-3-1-2-12(8)22)9-6-19-14(24)20-13(9)23/h1-3,5-7,10H,4H2,(H2,19,20,23,24)/t7-,10+/m1/s1. The third-order valence-corrected chi connectivity index (χ3v) is 4.24. The third-order valence-electron chi connectivity index (χ3n) is 4.24. The zero-order valence-electron chi connectivity index (χ0n) is 12.1. The highest BCUT2D eigenvalue weighted by atomic mass is 19.4. The zero-order chi connectivity index (χ0) is 17.1. The minimum absolute atomic E-state index is 0.0236. The molecule has 1 saturated carbocycles. The van der Waals surface area contributed by atoms with Gasteiger partial charge in [0, 0.05) is 12.4 Å². The minimum atomic E-state index is -4.24. The number of hydrogen-bond acceptors (Lipinski definition) is 3. The van der Waals surface area contributed by atoms with Gasteiger partial charge in [-0.05, 0) is 36.1 Å². The molecule has 0 radical (unpaired) electrons. The molecule has 0 unspecified atom stereocenters. The van der Waals surface area contributed by atoms with E-state index in [0.29, 0.717) is 11.1 Å². The Labute approximate surface area is 132 Å². The molecule has 6 nitrogen and oxygen atoms in total. The lowest BCUT2D eigenvalue weighted by atomic mass is 10.1. The van der Waals surface area contributed by atoms with Crippen LogP contribution in [0.25, 0.3) is 16.8 Å². The first kappa shape index (κ1) is 14.7. The summed E-state index contributed by atoms with van der Waals surface area (Å²) in [6.07, 6.45) is -1.41. The van der Waals surface area contributed by atoms with Crippen LogP contribution in [-0.2, 0) is 0 Å². The number of fused-ring (bicyclic) bond motifs is 1. The van der Waals surface area contributed by atoms with E-state index < -0.39 is 29.3 Å². The molecular weight excluding hydrogens is 325 g/mol. The fraction of sp³-hybridized carbons (Fsp3) is 0.267. The van der Waals surface area contributed by atoms with Crippen molar-refractivity contribution in [1.82, 2.24) is 19.6 Å². The topological polar surface area (TPSA) is 83.0 Å². The molecule has 1 fully saturated rings. The summed E-state index contributed by atoms with van der Waals surface area (Å²) in [4.78, 5) is 27.5. The van der Waals surface area contributed by atoms with Crippen LogP contribution in [0.3, 0.4) is 0 Å². The lowest BCUT2D eigenvalue weighted by molar-refractivity contribution is -0.148. The van der Waals surface area contributed by atoms with Crippen LogP contribution in [0.1, 0.15) is 17.9 Å². The van der Waals surface area contributed by atoms with Gasteiger partial charge in [0.1, 0.15) is 0 Å². The van der Waals surface area contributed by atoms with Crippen LogP contribution in [0.5, 0.6) is 0 Å². The van der Waals surface area contributed by atoms with E-state index in [1.165, 1.54) is 16.8 Å². The highest BCUT2D eigenvalue weighted by Gasteiger charge is 2.56. The van der Waals surface area contributed by atoms with E-state index in [9.17, 15) is 22.8 Å². The van der Waals surface area contributed by atoms with Gasteiger partial charge in [-0.3, -0.25) is 9.78 Å².